The molecule has 0 aliphatic heterocycles. The zero-order valence-corrected chi connectivity index (χ0v) is 14.7. The van der Waals surface area contributed by atoms with Crippen molar-refractivity contribution in [2.24, 2.45) is 10.2 Å². The number of benzene rings is 2. The summed E-state index contributed by atoms with van der Waals surface area (Å²) in [5.41, 5.74) is -0.690. The van der Waals surface area contributed by atoms with Crippen LogP contribution in [0.3, 0.4) is 0 Å². The molecule has 0 unspecified atom stereocenters. The van der Waals surface area contributed by atoms with E-state index in [4.69, 9.17) is 5.11 Å². The topological polar surface area (TPSA) is 120 Å². The van der Waals surface area contributed by atoms with Crippen LogP contribution >= 0.6 is 0 Å². The summed E-state index contributed by atoms with van der Waals surface area (Å²) in [6.45, 7) is 1.50. The Balaban J connectivity index is 1.92. The minimum Gasteiger partial charge on any atom is -0.506 e. The summed E-state index contributed by atoms with van der Waals surface area (Å²) in [5.74, 6) is -2.12. The van der Waals surface area contributed by atoms with Crippen LogP contribution in [0.2, 0.25) is 0 Å². The fraction of sp³-hybridized carbons (Fsp3) is 0.111. The van der Waals surface area contributed by atoms with Crippen molar-refractivity contribution in [2.75, 3.05) is 0 Å². The molecular weight excluding hydrogens is 393 g/mol. The second-order valence-electron chi connectivity index (χ2n) is 5.92. The number of aromatic carboxylic acids is 1. The molecule has 0 saturated heterocycles. The average Bonchev–Trinajstić information content (AvgIpc) is 2.94. The van der Waals surface area contributed by atoms with Crippen LogP contribution < -0.4 is 0 Å². The summed E-state index contributed by atoms with van der Waals surface area (Å²) in [6, 6.07) is 7.45. The molecule has 3 N–H and O–H groups in total. The molecule has 0 radical (unpaired) electrons. The summed E-state index contributed by atoms with van der Waals surface area (Å²) in [7, 11) is 0. The summed E-state index contributed by atoms with van der Waals surface area (Å²) in [4.78, 5) is 10.9. The quantitative estimate of drug-likeness (QED) is 0.541. The van der Waals surface area contributed by atoms with E-state index in [0.717, 1.165) is 35.0 Å². The van der Waals surface area contributed by atoms with Gasteiger partial charge in [-0.2, -0.15) is 23.0 Å². The average molecular weight is 406 g/mol. The van der Waals surface area contributed by atoms with Crippen LogP contribution in [0.25, 0.3) is 5.69 Å². The van der Waals surface area contributed by atoms with Gasteiger partial charge in [-0.1, -0.05) is 0 Å². The first kappa shape index (κ1) is 19.9. The molecular formula is C18H13F3N4O4. The molecule has 3 aromatic rings. The van der Waals surface area contributed by atoms with Gasteiger partial charge in [0.15, 0.2) is 5.69 Å². The van der Waals surface area contributed by atoms with Gasteiger partial charge in [-0.25, -0.2) is 4.79 Å². The lowest BCUT2D eigenvalue weighted by Gasteiger charge is -2.08. The van der Waals surface area contributed by atoms with Crippen LogP contribution in [0, 0.1) is 6.92 Å². The zero-order chi connectivity index (χ0) is 21.3. The molecule has 0 spiro atoms. The van der Waals surface area contributed by atoms with E-state index in [1.54, 1.807) is 0 Å². The standard InChI is InChI=1S/C18H13F3N4O4/c1-9-15(23-22-13-7-2-10(17(28)29)8-14(13)26)16(27)25(24-9)12-5-3-11(4-6-12)18(19,20)21/h2-8,26-27H,1H3,(H,28,29). The van der Waals surface area contributed by atoms with Gasteiger partial charge in [0.1, 0.15) is 11.4 Å². The Kier molecular flexibility index (Phi) is 4.97. The first-order chi connectivity index (χ1) is 13.6. The molecule has 1 aromatic heterocycles. The smallest absolute Gasteiger partial charge is 0.416 e. The molecule has 0 amide bonds. The number of azo groups is 1. The Morgan fingerprint density at radius 3 is 2.28 bits per heavy atom. The largest absolute Gasteiger partial charge is 0.506 e. The third kappa shape index (κ3) is 4.03. The van der Waals surface area contributed by atoms with E-state index in [-0.39, 0.29) is 28.3 Å². The van der Waals surface area contributed by atoms with Crippen molar-refractivity contribution >= 4 is 17.3 Å². The maximum Gasteiger partial charge on any atom is 0.416 e. The molecule has 8 nitrogen and oxygen atoms in total. The first-order valence-corrected chi connectivity index (χ1v) is 8.02. The van der Waals surface area contributed by atoms with Crippen LogP contribution in [-0.2, 0) is 6.18 Å². The second kappa shape index (κ2) is 7.26. The number of phenols is 1. The predicted octanol–water partition coefficient (Wildman–Crippen LogP) is 4.72. The second-order valence-corrected chi connectivity index (χ2v) is 5.92. The highest BCUT2D eigenvalue weighted by molar-refractivity contribution is 5.88. The van der Waals surface area contributed by atoms with E-state index >= 15 is 0 Å². The van der Waals surface area contributed by atoms with Crippen molar-refractivity contribution in [3.63, 3.8) is 0 Å². The van der Waals surface area contributed by atoms with Gasteiger partial charge in [0.25, 0.3) is 0 Å². The Labute approximate surface area is 161 Å². The normalized spacial score (nSPS) is 11.9. The van der Waals surface area contributed by atoms with Gasteiger partial charge in [0.2, 0.25) is 5.88 Å². The number of carboxylic acids is 1. The van der Waals surface area contributed by atoms with Gasteiger partial charge < -0.3 is 15.3 Å². The predicted molar refractivity (Wildman–Crippen MR) is 94.2 cm³/mol. The van der Waals surface area contributed by atoms with E-state index in [0.29, 0.717) is 0 Å². The van der Waals surface area contributed by atoms with E-state index in [9.17, 15) is 28.2 Å². The van der Waals surface area contributed by atoms with Crippen LogP contribution in [0.1, 0.15) is 21.6 Å². The number of aromatic hydroxyl groups is 2. The summed E-state index contributed by atoms with van der Waals surface area (Å²) in [6.07, 6.45) is -4.49. The number of carbonyl (C=O) groups is 1. The maximum atomic E-state index is 12.7. The van der Waals surface area contributed by atoms with Gasteiger partial charge in [-0.05, 0) is 49.4 Å². The van der Waals surface area contributed by atoms with Crippen LogP contribution in [0.4, 0.5) is 24.5 Å². The van der Waals surface area contributed by atoms with Crippen molar-refractivity contribution < 1.29 is 33.3 Å². The molecule has 150 valence electrons. The number of aryl methyl sites for hydroxylation is 1. The molecule has 11 heteroatoms. The van der Waals surface area contributed by atoms with Crippen molar-refractivity contribution in [2.45, 2.75) is 13.1 Å². The minimum absolute atomic E-state index is 0.0453. The van der Waals surface area contributed by atoms with Crippen LogP contribution in [-0.4, -0.2) is 31.1 Å². The lowest BCUT2D eigenvalue weighted by Crippen LogP contribution is -2.05. The highest BCUT2D eigenvalue weighted by Crippen LogP contribution is 2.36. The van der Waals surface area contributed by atoms with Crippen molar-refractivity contribution in [3.05, 3.63) is 59.3 Å². The fourth-order valence-electron chi connectivity index (χ4n) is 2.44. The third-order valence-corrected chi connectivity index (χ3v) is 3.92. The fourth-order valence-corrected chi connectivity index (χ4v) is 2.44. The summed E-state index contributed by atoms with van der Waals surface area (Å²) in [5, 5.41) is 40.7. The molecule has 3 rings (SSSR count). The van der Waals surface area contributed by atoms with Gasteiger partial charge in [-0.3, -0.25) is 0 Å². The SMILES string of the molecule is Cc1nn(-c2ccc(C(F)(F)F)cc2)c(O)c1N=Nc1ccc(C(=O)O)cc1O. The maximum absolute atomic E-state index is 12.7. The number of aromatic nitrogens is 2. The number of phenolic OH excluding ortho intramolecular Hbond substituents is 1. The van der Waals surface area contributed by atoms with E-state index in [2.05, 4.69) is 15.3 Å². The van der Waals surface area contributed by atoms with Gasteiger partial charge in [0.05, 0.1) is 22.5 Å². The molecule has 0 aliphatic rings. The zero-order valence-electron chi connectivity index (χ0n) is 14.7. The Bertz CT molecular complexity index is 1110. The van der Waals surface area contributed by atoms with E-state index in [1.807, 2.05) is 0 Å². The number of nitrogens with zero attached hydrogens (tertiary/aromatic N) is 4. The summed E-state index contributed by atoms with van der Waals surface area (Å²) >= 11 is 0. The molecule has 0 saturated carbocycles. The van der Waals surface area contributed by atoms with Crippen molar-refractivity contribution in [3.8, 4) is 17.3 Å². The van der Waals surface area contributed by atoms with Crippen LogP contribution in [0.15, 0.2) is 52.7 Å². The number of carboxylic acid groups (broad SMARTS) is 1. The molecule has 1 heterocycles. The first-order valence-electron chi connectivity index (χ1n) is 8.02. The van der Waals surface area contributed by atoms with Crippen molar-refractivity contribution in [1.82, 2.24) is 9.78 Å². The van der Waals surface area contributed by atoms with Gasteiger partial charge in [-0.15, -0.1) is 10.2 Å². The highest BCUT2D eigenvalue weighted by atomic mass is 19.4. The number of rotatable bonds is 4. The van der Waals surface area contributed by atoms with E-state index < -0.39 is 29.3 Å². The van der Waals surface area contributed by atoms with Gasteiger partial charge in [0, 0.05) is 0 Å². The summed E-state index contributed by atoms with van der Waals surface area (Å²) < 4.78 is 39.0. The number of alkyl halides is 3. The molecule has 0 fully saturated rings. The highest BCUT2D eigenvalue weighted by Gasteiger charge is 2.30. The molecule has 0 bridgehead atoms. The molecule has 29 heavy (non-hydrogen) atoms. The Morgan fingerprint density at radius 2 is 1.72 bits per heavy atom. The lowest BCUT2D eigenvalue weighted by molar-refractivity contribution is -0.137. The third-order valence-electron chi connectivity index (χ3n) is 3.92. The van der Waals surface area contributed by atoms with Crippen LogP contribution in [0.5, 0.6) is 11.6 Å². The monoisotopic (exact) mass is 406 g/mol. The number of hydrogen-bond acceptors (Lipinski definition) is 6. The Hall–Kier alpha value is -3.89. The van der Waals surface area contributed by atoms with E-state index in [1.165, 1.54) is 19.1 Å². The van der Waals surface area contributed by atoms with Crippen molar-refractivity contribution in [1.29, 1.82) is 0 Å². The van der Waals surface area contributed by atoms with Gasteiger partial charge >= 0.3 is 12.1 Å². The minimum atomic E-state index is -4.49. The molecule has 0 atom stereocenters. The lowest BCUT2D eigenvalue weighted by atomic mass is 10.2. The number of hydrogen-bond donors (Lipinski definition) is 3. The molecule has 0 aliphatic carbocycles. The molecule has 2 aromatic carbocycles. The number of halogens is 3. The Morgan fingerprint density at radius 1 is 1.07 bits per heavy atom.